The van der Waals surface area contributed by atoms with Crippen LogP contribution in [0.25, 0.3) is 0 Å². The lowest BCUT2D eigenvalue weighted by Crippen LogP contribution is -2.59. The van der Waals surface area contributed by atoms with Crippen LogP contribution in [0, 0.1) is 0 Å². The van der Waals surface area contributed by atoms with Crippen molar-refractivity contribution in [3.63, 3.8) is 0 Å². The maximum atomic E-state index is 12.7. The number of hydrogen-bond donors (Lipinski definition) is 2. The Labute approximate surface area is 124 Å². The van der Waals surface area contributed by atoms with Gasteiger partial charge in [-0.05, 0) is 6.92 Å². The van der Waals surface area contributed by atoms with Gasteiger partial charge >= 0.3 is 6.18 Å². The Balaban J connectivity index is 3.12. The van der Waals surface area contributed by atoms with Gasteiger partial charge in [-0.1, -0.05) is 11.6 Å². The number of halogens is 4. The first-order chi connectivity index (χ1) is 9.54. The zero-order valence-corrected chi connectivity index (χ0v) is 12.2. The minimum absolute atomic E-state index is 0.0148. The molecule has 3 N–H and O–H groups in total. The normalized spacial score (nSPS) is 14.3. The molecule has 0 fully saturated rings. The highest BCUT2D eigenvalue weighted by molar-refractivity contribution is 6.34. The smallest absolute Gasteiger partial charge is 0.415 e. The van der Waals surface area contributed by atoms with Gasteiger partial charge in [0.2, 0.25) is 0 Å². The first kappa shape index (κ1) is 17.4. The van der Waals surface area contributed by atoms with Crippen LogP contribution in [0.4, 0.5) is 18.9 Å². The molecule has 1 atom stereocenters. The first-order valence-corrected chi connectivity index (χ1v) is 6.01. The number of carbonyl (C=O) groups is 1. The Hall–Kier alpha value is -1.67. The average molecular weight is 327 g/mol. The number of hydrogen-bond acceptors (Lipinski definition) is 4. The predicted molar refractivity (Wildman–Crippen MR) is 71.8 cm³/mol. The van der Waals surface area contributed by atoms with Crippen molar-refractivity contribution in [2.45, 2.75) is 18.6 Å². The number of amides is 1. The fraction of sp³-hybridized carbons (Fsp3) is 0.417. The van der Waals surface area contributed by atoms with Crippen LogP contribution in [0.15, 0.2) is 12.1 Å². The molecule has 9 heteroatoms. The quantitative estimate of drug-likeness (QED) is 0.892. The van der Waals surface area contributed by atoms with Crippen LogP contribution in [0.2, 0.25) is 5.02 Å². The zero-order valence-electron chi connectivity index (χ0n) is 11.5. The first-order valence-electron chi connectivity index (χ1n) is 5.63. The van der Waals surface area contributed by atoms with E-state index in [0.717, 1.165) is 0 Å². The van der Waals surface area contributed by atoms with Crippen molar-refractivity contribution in [3.05, 3.63) is 17.2 Å². The Morgan fingerprint density at radius 1 is 1.24 bits per heavy atom. The van der Waals surface area contributed by atoms with Crippen LogP contribution in [0.5, 0.6) is 11.5 Å². The number of nitrogens with two attached hydrogens (primary N) is 1. The lowest BCUT2D eigenvalue weighted by atomic mass is 10.0. The summed E-state index contributed by atoms with van der Waals surface area (Å²) in [5, 5.41) is 2.02. The van der Waals surface area contributed by atoms with E-state index in [4.69, 9.17) is 26.8 Å². The van der Waals surface area contributed by atoms with Crippen LogP contribution in [-0.4, -0.2) is 31.8 Å². The van der Waals surface area contributed by atoms with E-state index < -0.39 is 17.6 Å². The third-order valence-corrected chi connectivity index (χ3v) is 3.09. The highest BCUT2D eigenvalue weighted by Crippen LogP contribution is 2.37. The number of alkyl halides is 3. The van der Waals surface area contributed by atoms with Crippen LogP contribution < -0.4 is 20.5 Å². The summed E-state index contributed by atoms with van der Waals surface area (Å²) >= 11 is 5.87. The van der Waals surface area contributed by atoms with Crippen LogP contribution in [-0.2, 0) is 4.79 Å². The van der Waals surface area contributed by atoms with E-state index in [1.54, 1.807) is 0 Å². The fourth-order valence-electron chi connectivity index (χ4n) is 1.33. The predicted octanol–water partition coefficient (Wildman–Crippen LogP) is 2.58. The number of benzene rings is 1. The van der Waals surface area contributed by atoms with Crippen LogP contribution >= 0.6 is 11.6 Å². The van der Waals surface area contributed by atoms with Gasteiger partial charge in [0, 0.05) is 12.1 Å². The summed E-state index contributed by atoms with van der Waals surface area (Å²) in [4.78, 5) is 11.7. The topological polar surface area (TPSA) is 73.6 Å². The molecule has 0 spiro atoms. The number of nitrogens with one attached hydrogen (secondary N) is 1. The molecule has 0 saturated carbocycles. The second-order valence-electron chi connectivity index (χ2n) is 4.34. The molecule has 1 unspecified atom stereocenters. The van der Waals surface area contributed by atoms with Crippen LogP contribution in [0.3, 0.4) is 0 Å². The summed E-state index contributed by atoms with van der Waals surface area (Å²) in [6.45, 7) is 0.566. The molecule has 21 heavy (non-hydrogen) atoms. The number of rotatable bonds is 4. The molecule has 0 radical (unpaired) electrons. The summed E-state index contributed by atoms with van der Waals surface area (Å²) in [5.74, 6) is -0.973. The largest absolute Gasteiger partial charge is 0.493 e. The van der Waals surface area contributed by atoms with Gasteiger partial charge in [-0.15, -0.1) is 0 Å². The summed E-state index contributed by atoms with van der Waals surface area (Å²) in [6, 6.07) is 2.54. The molecule has 0 aliphatic carbocycles. The Morgan fingerprint density at radius 2 is 1.71 bits per heavy atom. The molecule has 118 valence electrons. The third-order valence-electron chi connectivity index (χ3n) is 2.78. The van der Waals surface area contributed by atoms with E-state index in [9.17, 15) is 18.0 Å². The van der Waals surface area contributed by atoms with Gasteiger partial charge in [-0.3, -0.25) is 4.79 Å². The van der Waals surface area contributed by atoms with Crippen molar-refractivity contribution in [3.8, 4) is 11.5 Å². The highest BCUT2D eigenvalue weighted by atomic mass is 35.5. The molecule has 5 nitrogen and oxygen atoms in total. The molecule has 1 rings (SSSR count). The number of methoxy groups -OCH3 is 2. The van der Waals surface area contributed by atoms with Gasteiger partial charge in [-0.2, -0.15) is 13.2 Å². The highest BCUT2D eigenvalue weighted by Gasteiger charge is 2.54. The maximum absolute atomic E-state index is 12.7. The lowest BCUT2D eigenvalue weighted by molar-refractivity contribution is -0.184. The average Bonchev–Trinajstić information content (AvgIpc) is 2.38. The van der Waals surface area contributed by atoms with E-state index in [1.165, 1.54) is 26.4 Å². The molecule has 0 aliphatic rings. The SMILES string of the molecule is COc1cc(Cl)c(NC(=O)C(C)(N)C(F)(F)F)cc1OC. The van der Waals surface area contributed by atoms with Crippen molar-refractivity contribution in [1.29, 1.82) is 0 Å². The van der Waals surface area contributed by atoms with Gasteiger partial charge in [0.1, 0.15) is 0 Å². The van der Waals surface area contributed by atoms with E-state index >= 15 is 0 Å². The molecular formula is C12H14ClF3N2O3. The maximum Gasteiger partial charge on any atom is 0.415 e. The Morgan fingerprint density at radius 3 is 2.14 bits per heavy atom. The van der Waals surface area contributed by atoms with Gasteiger partial charge in [0.05, 0.1) is 24.9 Å². The summed E-state index contributed by atoms with van der Waals surface area (Å²) in [5.41, 5.74) is 1.90. The van der Waals surface area contributed by atoms with Gasteiger partial charge in [-0.25, -0.2) is 0 Å². The van der Waals surface area contributed by atoms with E-state index in [2.05, 4.69) is 0 Å². The zero-order chi connectivity index (χ0) is 16.4. The molecule has 0 heterocycles. The Bertz CT molecular complexity index is 547. The van der Waals surface area contributed by atoms with Crippen molar-refractivity contribution in [2.75, 3.05) is 19.5 Å². The Kier molecular flexibility index (Phi) is 4.95. The van der Waals surface area contributed by atoms with Crippen molar-refractivity contribution < 1.29 is 27.4 Å². The molecule has 0 aromatic heterocycles. The summed E-state index contributed by atoms with van der Waals surface area (Å²) in [6.07, 6.45) is -4.90. The minimum Gasteiger partial charge on any atom is -0.493 e. The van der Waals surface area contributed by atoms with Crippen molar-refractivity contribution >= 4 is 23.2 Å². The van der Waals surface area contributed by atoms with Gasteiger partial charge < -0.3 is 20.5 Å². The molecular weight excluding hydrogens is 313 g/mol. The monoisotopic (exact) mass is 326 g/mol. The summed E-state index contributed by atoms with van der Waals surface area (Å²) < 4.78 is 48.0. The number of carbonyl (C=O) groups excluding carboxylic acids is 1. The van der Waals surface area contributed by atoms with Gasteiger partial charge in [0.25, 0.3) is 5.91 Å². The third kappa shape index (κ3) is 3.51. The summed E-state index contributed by atoms with van der Waals surface area (Å²) in [7, 11) is 2.70. The fourth-order valence-corrected chi connectivity index (χ4v) is 1.53. The molecule has 1 aromatic rings. The molecule has 1 amide bonds. The van der Waals surface area contributed by atoms with E-state index in [-0.39, 0.29) is 22.2 Å². The van der Waals surface area contributed by atoms with E-state index in [0.29, 0.717) is 6.92 Å². The van der Waals surface area contributed by atoms with Crippen LogP contribution in [0.1, 0.15) is 6.92 Å². The van der Waals surface area contributed by atoms with Gasteiger partial charge in [0.15, 0.2) is 17.0 Å². The van der Waals surface area contributed by atoms with Crippen molar-refractivity contribution in [2.24, 2.45) is 5.73 Å². The van der Waals surface area contributed by atoms with Crippen molar-refractivity contribution in [1.82, 2.24) is 0 Å². The standard InChI is InChI=1S/C12H14ClF3N2O3/c1-11(17,12(14,15)16)10(19)18-7-5-9(21-3)8(20-2)4-6(7)13/h4-5H,17H2,1-3H3,(H,18,19). The number of anilines is 1. The lowest BCUT2D eigenvalue weighted by Gasteiger charge is -2.26. The molecule has 1 aromatic carbocycles. The second kappa shape index (κ2) is 5.98. The minimum atomic E-state index is -4.90. The number of ether oxygens (including phenoxy) is 2. The molecule has 0 aliphatic heterocycles. The second-order valence-corrected chi connectivity index (χ2v) is 4.75. The molecule has 0 saturated heterocycles. The molecule has 0 bridgehead atoms. The van der Waals surface area contributed by atoms with E-state index in [1.807, 2.05) is 5.32 Å².